The van der Waals surface area contributed by atoms with Gasteiger partial charge in [0.15, 0.2) is 0 Å². The summed E-state index contributed by atoms with van der Waals surface area (Å²) in [4.78, 5) is 11.9. The van der Waals surface area contributed by atoms with Crippen LogP contribution in [0.5, 0.6) is 0 Å². The van der Waals surface area contributed by atoms with Gasteiger partial charge in [-0.1, -0.05) is 23.8 Å². The predicted octanol–water partition coefficient (Wildman–Crippen LogP) is 2.97. The number of halogens is 1. The number of nitrogens with one attached hydrogen (secondary N) is 2. The summed E-state index contributed by atoms with van der Waals surface area (Å²) in [7, 11) is -3.58. The van der Waals surface area contributed by atoms with Crippen molar-refractivity contribution in [2.24, 2.45) is 0 Å². The van der Waals surface area contributed by atoms with Crippen LogP contribution in [-0.4, -0.2) is 20.9 Å². The van der Waals surface area contributed by atoms with Crippen LogP contribution in [0.1, 0.15) is 16.7 Å². The van der Waals surface area contributed by atoms with Gasteiger partial charge in [-0.3, -0.25) is 4.79 Å². The van der Waals surface area contributed by atoms with Gasteiger partial charge in [-0.05, 0) is 71.8 Å². The summed E-state index contributed by atoms with van der Waals surface area (Å²) in [5, 5.41) is 2.66. The second-order valence-corrected chi connectivity index (χ2v) is 8.62. The van der Waals surface area contributed by atoms with Crippen LogP contribution in [0, 0.1) is 17.4 Å². The number of hydrogen-bond donors (Lipinski definition) is 2. The van der Waals surface area contributed by atoms with E-state index >= 15 is 0 Å². The van der Waals surface area contributed by atoms with E-state index in [4.69, 9.17) is 0 Å². The van der Waals surface area contributed by atoms with Crippen LogP contribution in [0.15, 0.2) is 42.5 Å². The van der Waals surface area contributed by atoms with Crippen LogP contribution in [-0.2, 0) is 20.6 Å². The third-order valence-corrected chi connectivity index (χ3v) is 5.43. The number of rotatable bonds is 6. The fourth-order valence-electron chi connectivity index (χ4n) is 2.13. The molecular weight excluding hydrogens is 439 g/mol. The highest BCUT2D eigenvalue weighted by atomic mass is 127. The molecule has 0 saturated heterocycles. The van der Waals surface area contributed by atoms with E-state index in [2.05, 4.69) is 32.6 Å². The van der Waals surface area contributed by atoms with Gasteiger partial charge in [0.05, 0.1) is 12.3 Å². The first kappa shape index (κ1) is 18.9. The van der Waals surface area contributed by atoms with Gasteiger partial charge in [0.1, 0.15) is 0 Å². The van der Waals surface area contributed by atoms with Gasteiger partial charge in [0, 0.05) is 9.26 Å². The lowest BCUT2D eigenvalue weighted by molar-refractivity contribution is -0.115. The molecule has 0 unspecified atom stereocenters. The first-order chi connectivity index (χ1) is 11.2. The Kier molecular flexibility index (Phi) is 6.36. The summed E-state index contributed by atoms with van der Waals surface area (Å²) in [5.74, 6) is -0.544. The molecular formula is C17H19IN2O3S. The Balaban J connectivity index is 1.93. The van der Waals surface area contributed by atoms with E-state index in [1.54, 1.807) is 12.1 Å². The minimum Gasteiger partial charge on any atom is -0.325 e. The largest absolute Gasteiger partial charge is 0.325 e. The zero-order chi connectivity index (χ0) is 17.7. The summed E-state index contributed by atoms with van der Waals surface area (Å²) < 4.78 is 27.7. The topological polar surface area (TPSA) is 75.3 Å². The van der Waals surface area contributed by atoms with Crippen LogP contribution >= 0.6 is 22.6 Å². The quantitative estimate of drug-likeness (QED) is 0.654. The van der Waals surface area contributed by atoms with Gasteiger partial charge in [0.25, 0.3) is 0 Å². The minimum absolute atomic E-state index is 0.142. The number of aryl methyl sites for hydroxylation is 2. The highest BCUT2D eigenvalue weighted by Crippen LogP contribution is 2.14. The first-order valence-corrected chi connectivity index (χ1v) is 10.1. The standard InChI is InChI=1S/C17H19IN2O3S/c1-12-3-4-13(2)14(9-12)11-24(22,23)19-10-17(21)20-16-7-5-15(18)6-8-16/h3-9,19H,10-11H2,1-2H3,(H,20,21). The van der Waals surface area contributed by atoms with Gasteiger partial charge in [0.2, 0.25) is 15.9 Å². The second-order valence-electron chi connectivity index (χ2n) is 5.57. The molecule has 2 N–H and O–H groups in total. The highest BCUT2D eigenvalue weighted by Gasteiger charge is 2.15. The van der Waals surface area contributed by atoms with Crippen LogP contribution in [0.4, 0.5) is 5.69 Å². The van der Waals surface area contributed by atoms with Crippen molar-refractivity contribution < 1.29 is 13.2 Å². The van der Waals surface area contributed by atoms with Crippen molar-refractivity contribution in [2.45, 2.75) is 19.6 Å². The molecule has 0 aromatic heterocycles. The lowest BCUT2D eigenvalue weighted by Gasteiger charge is -2.10. The highest BCUT2D eigenvalue weighted by molar-refractivity contribution is 14.1. The van der Waals surface area contributed by atoms with Crippen molar-refractivity contribution in [2.75, 3.05) is 11.9 Å². The Labute approximate surface area is 156 Å². The lowest BCUT2D eigenvalue weighted by Crippen LogP contribution is -2.33. The molecule has 0 atom stereocenters. The van der Waals surface area contributed by atoms with Crippen molar-refractivity contribution in [1.29, 1.82) is 0 Å². The summed E-state index contributed by atoms with van der Waals surface area (Å²) in [6.07, 6.45) is 0. The number of anilines is 1. The normalized spacial score (nSPS) is 11.3. The molecule has 5 nitrogen and oxygen atoms in total. The molecule has 2 aromatic carbocycles. The van der Waals surface area contributed by atoms with Gasteiger partial charge < -0.3 is 5.32 Å². The average molecular weight is 458 g/mol. The molecule has 0 aliphatic rings. The molecule has 0 bridgehead atoms. The zero-order valence-electron chi connectivity index (χ0n) is 13.5. The predicted molar refractivity (Wildman–Crippen MR) is 104 cm³/mol. The van der Waals surface area contributed by atoms with E-state index < -0.39 is 15.9 Å². The van der Waals surface area contributed by atoms with E-state index in [1.165, 1.54) is 0 Å². The monoisotopic (exact) mass is 458 g/mol. The fraction of sp³-hybridized carbons (Fsp3) is 0.235. The Morgan fingerprint density at radius 3 is 2.42 bits per heavy atom. The molecule has 2 rings (SSSR count). The van der Waals surface area contributed by atoms with Gasteiger partial charge in [-0.2, -0.15) is 0 Å². The number of carbonyl (C=O) groups is 1. The Bertz CT molecular complexity index is 833. The van der Waals surface area contributed by atoms with Gasteiger partial charge in [-0.15, -0.1) is 0 Å². The molecule has 128 valence electrons. The summed E-state index contributed by atoms with van der Waals surface area (Å²) in [6, 6.07) is 12.9. The van der Waals surface area contributed by atoms with Crippen LogP contribution in [0.25, 0.3) is 0 Å². The van der Waals surface area contributed by atoms with Crippen molar-refractivity contribution in [3.05, 3.63) is 62.7 Å². The van der Waals surface area contributed by atoms with Crippen molar-refractivity contribution >= 4 is 44.2 Å². The van der Waals surface area contributed by atoms with Crippen LogP contribution in [0.2, 0.25) is 0 Å². The molecule has 0 aliphatic heterocycles. The Morgan fingerprint density at radius 2 is 1.75 bits per heavy atom. The third kappa shape index (κ3) is 5.88. The number of carbonyl (C=O) groups excluding carboxylic acids is 1. The van der Waals surface area contributed by atoms with Crippen molar-refractivity contribution in [3.8, 4) is 0 Å². The lowest BCUT2D eigenvalue weighted by atomic mass is 10.1. The maximum Gasteiger partial charge on any atom is 0.239 e. The number of hydrogen-bond acceptors (Lipinski definition) is 3. The fourth-order valence-corrected chi connectivity index (χ4v) is 3.66. The maximum absolute atomic E-state index is 12.2. The Hall–Kier alpha value is -1.45. The van der Waals surface area contributed by atoms with E-state index in [0.717, 1.165) is 20.3 Å². The van der Waals surface area contributed by atoms with Crippen molar-refractivity contribution in [1.82, 2.24) is 4.72 Å². The second kappa shape index (κ2) is 8.09. The van der Waals surface area contributed by atoms with E-state index in [0.29, 0.717) is 5.69 Å². The maximum atomic E-state index is 12.2. The summed E-state index contributed by atoms with van der Waals surface area (Å²) >= 11 is 2.17. The molecule has 24 heavy (non-hydrogen) atoms. The molecule has 1 amide bonds. The number of amides is 1. The third-order valence-electron chi connectivity index (χ3n) is 3.43. The minimum atomic E-state index is -3.58. The van der Waals surface area contributed by atoms with E-state index in [9.17, 15) is 13.2 Å². The van der Waals surface area contributed by atoms with Crippen molar-refractivity contribution in [3.63, 3.8) is 0 Å². The molecule has 0 saturated carbocycles. The van der Waals surface area contributed by atoms with Crippen LogP contribution < -0.4 is 10.0 Å². The van der Waals surface area contributed by atoms with E-state index in [-0.39, 0.29) is 12.3 Å². The Morgan fingerprint density at radius 1 is 1.08 bits per heavy atom. The van der Waals surface area contributed by atoms with Crippen LogP contribution in [0.3, 0.4) is 0 Å². The molecule has 0 aliphatic carbocycles. The summed E-state index contributed by atoms with van der Waals surface area (Å²) in [6.45, 7) is 3.49. The SMILES string of the molecule is Cc1ccc(C)c(CS(=O)(=O)NCC(=O)Nc2ccc(I)cc2)c1. The molecule has 2 aromatic rings. The summed E-state index contributed by atoms with van der Waals surface area (Å²) in [5.41, 5.74) is 3.28. The molecule has 0 heterocycles. The molecule has 0 fully saturated rings. The molecule has 0 spiro atoms. The van der Waals surface area contributed by atoms with E-state index in [1.807, 2.05) is 44.2 Å². The molecule has 0 radical (unpaired) electrons. The smallest absolute Gasteiger partial charge is 0.239 e. The molecule has 7 heteroatoms. The first-order valence-electron chi connectivity index (χ1n) is 7.34. The average Bonchev–Trinajstić information content (AvgIpc) is 2.51. The van der Waals surface area contributed by atoms with Gasteiger partial charge >= 0.3 is 0 Å². The number of sulfonamides is 1. The number of benzene rings is 2. The van der Waals surface area contributed by atoms with Gasteiger partial charge in [-0.25, -0.2) is 13.1 Å². The zero-order valence-corrected chi connectivity index (χ0v) is 16.4.